The summed E-state index contributed by atoms with van der Waals surface area (Å²) in [5.74, 6) is -0.459. The van der Waals surface area contributed by atoms with Crippen LogP contribution in [0.15, 0.2) is 42.5 Å². The number of amides is 2. The number of hydrogen-bond donors (Lipinski definition) is 2. The summed E-state index contributed by atoms with van der Waals surface area (Å²) in [5, 5.41) is 6.64. The van der Waals surface area contributed by atoms with Crippen molar-refractivity contribution in [1.29, 1.82) is 0 Å². The van der Waals surface area contributed by atoms with Crippen molar-refractivity contribution in [2.24, 2.45) is 5.92 Å². The van der Waals surface area contributed by atoms with E-state index in [0.717, 1.165) is 42.5 Å². The van der Waals surface area contributed by atoms with Gasteiger partial charge in [-0.3, -0.25) is 9.59 Å². The number of nitrogens with one attached hydrogen (secondary N) is 2. The zero-order chi connectivity index (χ0) is 23.8. The number of nitrogens with zero attached hydrogens (tertiary/aromatic N) is 1. The number of fused-ring (bicyclic) bond motifs is 4. The number of rotatable bonds is 4. The first-order valence-electron chi connectivity index (χ1n) is 12.1. The molecule has 3 aliphatic rings. The highest BCUT2D eigenvalue weighted by atomic mass is 16.5. The average Bonchev–Trinajstić information content (AvgIpc) is 2.88. The van der Waals surface area contributed by atoms with E-state index < -0.39 is 5.97 Å². The van der Waals surface area contributed by atoms with Crippen LogP contribution < -0.4 is 10.6 Å². The first kappa shape index (κ1) is 22.6. The zero-order valence-corrected chi connectivity index (χ0v) is 19.7. The Kier molecular flexibility index (Phi) is 6.13. The summed E-state index contributed by atoms with van der Waals surface area (Å²) in [7, 11) is 1.37. The minimum atomic E-state index is -0.412. The van der Waals surface area contributed by atoms with Crippen molar-refractivity contribution in [1.82, 2.24) is 15.5 Å². The fourth-order valence-electron chi connectivity index (χ4n) is 5.92. The van der Waals surface area contributed by atoms with Gasteiger partial charge in [0.1, 0.15) is 0 Å². The molecular formula is C27H31N3O4. The molecule has 0 aliphatic carbocycles. The first-order valence-corrected chi connectivity index (χ1v) is 12.1. The van der Waals surface area contributed by atoms with Gasteiger partial charge in [0.05, 0.1) is 30.7 Å². The Bertz CT molecular complexity index is 1120. The fourth-order valence-corrected chi connectivity index (χ4v) is 5.92. The van der Waals surface area contributed by atoms with E-state index in [9.17, 15) is 14.4 Å². The molecule has 7 nitrogen and oxygen atoms in total. The van der Waals surface area contributed by atoms with Crippen LogP contribution in [0.3, 0.4) is 0 Å². The average molecular weight is 462 g/mol. The van der Waals surface area contributed by atoms with Crippen LogP contribution in [0, 0.1) is 5.92 Å². The van der Waals surface area contributed by atoms with Crippen molar-refractivity contribution in [3.05, 3.63) is 70.3 Å². The molecular weight excluding hydrogens is 430 g/mol. The first-order chi connectivity index (χ1) is 16.5. The van der Waals surface area contributed by atoms with E-state index in [1.165, 1.54) is 7.11 Å². The molecule has 34 heavy (non-hydrogen) atoms. The topological polar surface area (TPSA) is 87.7 Å². The standard InChI is InChI=1S/C27H31N3O4/c1-16(17-7-4-3-5-8-17)29-25(31)21-11-10-19(27(33)34-2)18-12-14-30-23(24(18)21)15-22-20(26(30)32)9-6-13-28-22/h3-5,7-8,10-11,16,20,22-23,28H,6,9,12-15H2,1-2H3,(H,29,31)/t16-,20-,22-,23-/m1/s1. The molecule has 0 unspecified atom stereocenters. The summed E-state index contributed by atoms with van der Waals surface area (Å²) < 4.78 is 5.04. The summed E-state index contributed by atoms with van der Waals surface area (Å²) in [4.78, 5) is 41.5. The molecule has 5 rings (SSSR count). The normalized spacial score (nSPS) is 24.4. The highest BCUT2D eigenvalue weighted by Crippen LogP contribution is 2.43. The van der Waals surface area contributed by atoms with Gasteiger partial charge < -0.3 is 20.3 Å². The summed E-state index contributed by atoms with van der Waals surface area (Å²) in [6, 6.07) is 12.9. The van der Waals surface area contributed by atoms with Crippen molar-refractivity contribution in [2.45, 2.75) is 50.7 Å². The molecule has 0 spiro atoms. The van der Waals surface area contributed by atoms with E-state index in [2.05, 4.69) is 10.6 Å². The summed E-state index contributed by atoms with van der Waals surface area (Å²) in [5.41, 5.74) is 3.65. The van der Waals surface area contributed by atoms with Gasteiger partial charge in [-0.25, -0.2) is 4.79 Å². The van der Waals surface area contributed by atoms with E-state index in [-0.39, 0.29) is 35.9 Å². The molecule has 2 aromatic carbocycles. The van der Waals surface area contributed by atoms with E-state index in [1.807, 2.05) is 42.2 Å². The molecule has 0 radical (unpaired) electrons. The van der Waals surface area contributed by atoms with Gasteiger partial charge in [-0.2, -0.15) is 0 Å². The van der Waals surface area contributed by atoms with Crippen LogP contribution in [-0.2, 0) is 16.0 Å². The van der Waals surface area contributed by atoms with Crippen LogP contribution in [0.5, 0.6) is 0 Å². The maximum Gasteiger partial charge on any atom is 0.338 e. The molecule has 7 heteroatoms. The van der Waals surface area contributed by atoms with Crippen LogP contribution in [0.25, 0.3) is 0 Å². The number of ether oxygens (including phenoxy) is 1. The summed E-state index contributed by atoms with van der Waals surface area (Å²) in [6.07, 6.45) is 3.17. The van der Waals surface area contributed by atoms with Gasteiger partial charge in [0.15, 0.2) is 0 Å². The maximum absolute atomic E-state index is 13.5. The van der Waals surface area contributed by atoms with Crippen LogP contribution in [0.4, 0.5) is 0 Å². The SMILES string of the molecule is COC(=O)c1ccc(C(=O)N[C@H](C)c2ccccc2)c2c1CCN1C(=O)[C@@H]3CCCN[C@@H]3C[C@H]21. The molecule has 0 aromatic heterocycles. The quantitative estimate of drug-likeness (QED) is 0.683. The van der Waals surface area contributed by atoms with Crippen LogP contribution >= 0.6 is 0 Å². The minimum Gasteiger partial charge on any atom is -0.465 e. The third kappa shape index (κ3) is 3.88. The molecule has 3 aliphatic heterocycles. The molecule has 178 valence electrons. The maximum atomic E-state index is 13.5. The zero-order valence-electron chi connectivity index (χ0n) is 19.7. The van der Waals surface area contributed by atoms with Gasteiger partial charge in [0.2, 0.25) is 5.91 Å². The number of carbonyl (C=O) groups is 3. The molecule has 2 fully saturated rings. The third-order valence-electron chi connectivity index (χ3n) is 7.63. The fraction of sp³-hybridized carbons (Fsp3) is 0.444. The lowest BCUT2D eigenvalue weighted by Crippen LogP contribution is -2.58. The van der Waals surface area contributed by atoms with Gasteiger partial charge in [0, 0.05) is 18.2 Å². The van der Waals surface area contributed by atoms with Gasteiger partial charge in [-0.15, -0.1) is 0 Å². The van der Waals surface area contributed by atoms with E-state index in [4.69, 9.17) is 4.74 Å². The van der Waals surface area contributed by atoms with Gasteiger partial charge in [-0.1, -0.05) is 30.3 Å². The molecule has 0 bridgehead atoms. The lowest BCUT2D eigenvalue weighted by molar-refractivity contribution is -0.145. The van der Waals surface area contributed by atoms with E-state index in [1.54, 1.807) is 12.1 Å². The van der Waals surface area contributed by atoms with Crippen LogP contribution in [0.1, 0.15) is 75.7 Å². The smallest absolute Gasteiger partial charge is 0.338 e. The van der Waals surface area contributed by atoms with Gasteiger partial charge >= 0.3 is 5.97 Å². The molecule has 4 atom stereocenters. The number of methoxy groups -OCH3 is 1. The summed E-state index contributed by atoms with van der Waals surface area (Å²) >= 11 is 0. The highest BCUT2D eigenvalue weighted by molar-refractivity contribution is 6.00. The Labute approximate surface area is 199 Å². The summed E-state index contributed by atoms with van der Waals surface area (Å²) in [6.45, 7) is 3.41. The predicted molar refractivity (Wildman–Crippen MR) is 127 cm³/mol. The van der Waals surface area contributed by atoms with E-state index >= 15 is 0 Å². The monoisotopic (exact) mass is 461 g/mol. The number of piperidine rings is 2. The second-order valence-corrected chi connectivity index (χ2v) is 9.49. The van der Waals surface area contributed by atoms with Crippen molar-refractivity contribution in [2.75, 3.05) is 20.2 Å². The molecule has 2 saturated heterocycles. The second-order valence-electron chi connectivity index (χ2n) is 9.49. The Hall–Kier alpha value is -3.19. The number of benzene rings is 2. The lowest BCUT2D eigenvalue weighted by Gasteiger charge is -2.49. The third-order valence-corrected chi connectivity index (χ3v) is 7.63. The molecule has 2 N–H and O–H groups in total. The van der Waals surface area contributed by atoms with Gasteiger partial charge in [-0.05, 0) is 68.0 Å². The Morgan fingerprint density at radius 1 is 1.15 bits per heavy atom. The molecule has 2 amide bonds. The minimum absolute atomic E-state index is 0.00859. The van der Waals surface area contributed by atoms with Gasteiger partial charge in [0.25, 0.3) is 5.91 Å². The van der Waals surface area contributed by atoms with Crippen molar-refractivity contribution < 1.29 is 19.1 Å². The van der Waals surface area contributed by atoms with Crippen molar-refractivity contribution in [3.8, 4) is 0 Å². The second kappa shape index (κ2) is 9.22. The largest absolute Gasteiger partial charge is 0.465 e. The highest BCUT2D eigenvalue weighted by Gasteiger charge is 2.46. The number of esters is 1. The van der Waals surface area contributed by atoms with Crippen LogP contribution in [-0.4, -0.2) is 48.9 Å². The van der Waals surface area contributed by atoms with Crippen molar-refractivity contribution >= 4 is 17.8 Å². The molecule has 3 heterocycles. The van der Waals surface area contributed by atoms with Crippen molar-refractivity contribution in [3.63, 3.8) is 0 Å². The number of carbonyl (C=O) groups excluding carboxylic acids is 3. The Morgan fingerprint density at radius 2 is 1.91 bits per heavy atom. The van der Waals surface area contributed by atoms with Crippen LogP contribution in [0.2, 0.25) is 0 Å². The predicted octanol–water partition coefficient (Wildman–Crippen LogP) is 3.16. The Balaban J connectivity index is 1.54. The molecule has 0 saturated carbocycles. The lowest BCUT2D eigenvalue weighted by atomic mass is 9.75. The number of hydrogen-bond acceptors (Lipinski definition) is 5. The van der Waals surface area contributed by atoms with E-state index in [0.29, 0.717) is 24.1 Å². The Morgan fingerprint density at radius 3 is 2.68 bits per heavy atom. The molecule has 2 aromatic rings.